The van der Waals surface area contributed by atoms with Gasteiger partial charge in [0.15, 0.2) is 40.8 Å². The molecule has 1 unspecified atom stereocenters. The van der Waals surface area contributed by atoms with Gasteiger partial charge in [-0.25, -0.2) is 29.0 Å². The molecule has 1 amide bonds. The summed E-state index contributed by atoms with van der Waals surface area (Å²) in [5.41, 5.74) is 4.65. The van der Waals surface area contributed by atoms with Crippen LogP contribution in [0.4, 0.5) is 13.2 Å². The predicted octanol–water partition coefficient (Wildman–Crippen LogP) is 7.96. The van der Waals surface area contributed by atoms with Gasteiger partial charge in [-0.15, -0.1) is 34.2 Å². The lowest BCUT2D eigenvalue weighted by Gasteiger charge is -2.13. The highest BCUT2D eigenvalue weighted by atomic mass is 35.5. The van der Waals surface area contributed by atoms with Crippen LogP contribution >= 0.6 is 24.0 Å². The number of aryl methyl sites for hydroxylation is 2. The largest absolute Gasteiger partial charge is 0.496 e. The number of hydrazine groups is 1. The minimum Gasteiger partial charge on any atom is -0.496 e. The molecule has 0 radical (unpaired) electrons. The molecule has 3 N–H and O–H groups in total. The fourth-order valence-electron chi connectivity index (χ4n) is 5.10. The quantitative estimate of drug-likeness (QED) is 0.0433. The molecule has 17 heteroatoms. The molecule has 0 fully saturated rings. The van der Waals surface area contributed by atoms with Gasteiger partial charge in [0.2, 0.25) is 11.8 Å². The van der Waals surface area contributed by atoms with Gasteiger partial charge in [-0.05, 0) is 66.9 Å². The number of hydrogen-bond acceptors (Lipinski definition) is 11. The molecular formula is C35H33Cl2F3N6O6. The van der Waals surface area contributed by atoms with E-state index in [-0.39, 0.29) is 35.7 Å². The van der Waals surface area contributed by atoms with Gasteiger partial charge in [0, 0.05) is 30.9 Å². The lowest BCUT2D eigenvalue weighted by molar-refractivity contribution is 0.0953. The molecule has 12 nitrogen and oxygen atoms in total. The van der Waals surface area contributed by atoms with Gasteiger partial charge < -0.3 is 22.7 Å². The number of nitrogens with zero attached hydrogens (tertiary/aromatic N) is 4. The second-order valence-corrected chi connectivity index (χ2v) is 11.3. The normalized spacial score (nSPS) is 11.2. The van der Waals surface area contributed by atoms with Gasteiger partial charge in [0.25, 0.3) is 5.91 Å². The smallest absolute Gasteiger partial charge is 0.265 e. The number of rotatable bonds is 11. The number of carbonyl (C=O) groups is 1. The van der Waals surface area contributed by atoms with Crippen LogP contribution in [0.15, 0.2) is 74.2 Å². The summed E-state index contributed by atoms with van der Waals surface area (Å²) in [5, 5.41) is 8.16. The fraction of sp³-hybridized carbons (Fsp3) is 0.229. The van der Waals surface area contributed by atoms with Crippen LogP contribution in [0.2, 0.25) is 0 Å². The predicted molar refractivity (Wildman–Crippen MR) is 187 cm³/mol. The SMILES string of the molecule is COc1cc(-c2nnc(C(CCCCl)c3cc(F)c(F)c(F)c3)o2)ccc1-c1cnc(C)o1.COc1cc(C(=O)NN)ccc1-c1cnc(C)o1.Cl. The Morgan fingerprint density at radius 2 is 1.44 bits per heavy atom. The summed E-state index contributed by atoms with van der Waals surface area (Å²) in [7, 11) is 3.04. The second kappa shape index (κ2) is 17.7. The molecule has 0 aliphatic carbocycles. The molecule has 3 aromatic heterocycles. The van der Waals surface area contributed by atoms with Crippen molar-refractivity contribution in [2.24, 2.45) is 5.84 Å². The van der Waals surface area contributed by atoms with E-state index in [1.165, 1.54) is 14.2 Å². The van der Waals surface area contributed by atoms with E-state index in [0.717, 1.165) is 17.7 Å². The molecule has 6 rings (SSSR count). The maximum Gasteiger partial charge on any atom is 0.265 e. The van der Waals surface area contributed by atoms with Crippen LogP contribution < -0.4 is 20.7 Å². The Balaban J connectivity index is 0.000000270. The number of ether oxygens (including phenoxy) is 2. The highest BCUT2D eigenvalue weighted by Gasteiger charge is 2.25. The number of hydrogen-bond donors (Lipinski definition) is 2. The van der Waals surface area contributed by atoms with Gasteiger partial charge >= 0.3 is 0 Å². The van der Waals surface area contributed by atoms with Crippen molar-refractivity contribution in [1.82, 2.24) is 25.6 Å². The number of alkyl halides is 1. The first-order valence-electron chi connectivity index (χ1n) is 15.3. The number of halogens is 5. The molecule has 3 aromatic carbocycles. The Kier molecular flexibility index (Phi) is 13.4. The Labute approximate surface area is 306 Å². The topological polar surface area (TPSA) is 165 Å². The van der Waals surface area contributed by atoms with E-state index in [2.05, 4.69) is 25.6 Å². The zero-order chi connectivity index (χ0) is 36.7. The number of methoxy groups -OCH3 is 2. The second-order valence-electron chi connectivity index (χ2n) is 10.9. The third kappa shape index (κ3) is 8.91. The van der Waals surface area contributed by atoms with Gasteiger partial charge in [-0.2, -0.15) is 0 Å². The van der Waals surface area contributed by atoms with E-state index in [4.69, 9.17) is 40.2 Å². The van der Waals surface area contributed by atoms with Crippen molar-refractivity contribution >= 4 is 29.9 Å². The van der Waals surface area contributed by atoms with Crippen molar-refractivity contribution in [2.75, 3.05) is 20.1 Å². The first-order chi connectivity index (χ1) is 24.6. The van der Waals surface area contributed by atoms with Crippen molar-refractivity contribution in [2.45, 2.75) is 32.6 Å². The van der Waals surface area contributed by atoms with Gasteiger partial charge in [-0.3, -0.25) is 10.2 Å². The first-order valence-corrected chi connectivity index (χ1v) is 15.9. The number of carbonyl (C=O) groups excluding carboxylic acids is 1. The van der Waals surface area contributed by atoms with Crippen LogP contribution in [0, 0.1) is 31.3 Å². The Morgan fingerprint density at radius 3 is 1.96 bits per heavy atom. The van der Waals surface area contributed by atoms with Crippen LogP contribution in [-0.2, 0) is 0 Å². The molecule has 6 aromatic rings. The summed E-state index contributed by atoms with van der Waals surface area (Å²) in [5.74, 6) is 3.81. The average Bonchev–Trinajstić information content (AvgIpc) is 3.92. The Bertz CT molecular complexity index is 2120. The maximum atomic E-state index is 13.8. The van der Waals surface area contributed by atoms with Crippen LogP contribution in [0.25, 0.3) is 34.1 Å². The molecular weight excluding hydrogens is 728 g/mol. The van der Waals surface area contributed by atoms with Crippen molar-refractivity contribution in [3.05, 3.63) is 107 Å². The lowest BCUT2D eigenvalue weighted by atomic mass is 9.94. The first kappa shape index (κ1) is 39.4. The number of amides is 1. The van der Waals surface area contributed by atoms with Gasteiger partial charge in [0.1, 0.15) is 11.5 Å². The summed E-state index contributed by atoms with van der Waals surface area (Å²) in [4.78, 5) is 19.5. The molecule has 0 bridgehead atoms. The van der Waals surface area contributed by atoms with E-state index in [1.807, 2.05) is 0 Å². The molecule has 0 spiro atoms. The number of nitrogens with two attached hydrogens (primary N) is 1. The van der Waals surface area contributed by atoms with Crippen LogP contribution in [0.5, 0.6) is 11.5 Å². The van der Waals surface area contributed by atoms with Crippen molar-refractivity contribution in [1.29, 1.82) is 0 Å². The summed E-state index contributed by atoms with van der Waals surface area (Å²) in [6.07, 6.45) is 4.10. The van der Waals surface area contributed by atoms with Gasteiger partial charge in [-0.1, -0.05) is 0 Å². The molecule has 1 atom stereocenters. The third-order valence-corrected chi connectivity index (χ3v) is 7.86. The standard InChI is InChI=1S/C23H19ClF3N3O3.C12H13N3O3.ClH/c1-12-28-11-20(32-12)16-6-5-13(10-19(16)31-2)22-29-30-23(33-22)15(4-3-7-24)14-8-17(25)21(27)18(26)9-14;1-7-14-6-11(18-7)9-4-3-8(12(16)15-13)5-10(9)17-2;/h5-6,8-11,15H,3-4,7H2,1-2H3;3-6H,13H2,1-2H3,(H,15,16);1H. The van der Waals surface area contributed by atoms with Crippen LogP contribution in [-0.4, -0.2) is 46.2 Å². The van der Waals surface area contributed by atoms with Crippen LogP contribution in [0.3, 0.4) is 0 Å². The van der Waals surface area contributed by atoms with E-state index in [9.17, 15) is 18.0 Å². The summed E-state index contributed by atoms with van der Waals surface area (Å²) >= 11 is 5.81. The zero-order valence-corrected chi connectivity index (χ0v) is 29.8. The molecule has 0 aliphatic rings. The highest BCUT2D eigenvalue weighted by Crippen LogP contribution is 2.36. The number of oxazole rings is 2. The van der Waals surface area contributed by atoms with E-state index < -0.39 is 23.4 Å². The molecule has 0 aliphatic heterocycles. The summed E-state index contributed by atoms with van der Waals surface area (Å²) in [6, 6.07) is 12.0. The third-order valence-electron chi connectivity index (χ3n) is 7.59. The number of nitrogen functional groups attached to an aromatic ring is 1. The average molecular weight is 762 g/mol. The maximum absolute atomic E-state index is 13.8. The molecule has 52 heavy (non-hydrogen) atoms. The minimum absolute atomic E-state index is 0. The summed E-state index contributed by atoms with van der Waals surface area (Å²) < 4.78 is 68.7. The Morgan fingerprint density at radius 1 is 0.865 bits per heavy atom. The minimum atomic E-state index is -1.53. The molecule has 274 valence electrons. The van der Waals surface area contributed by atoms with E-state index in [1.54, 1.807) is 62.6 Å². The number of benzene rings is 3. The number of aromatic nitrogens is 4. The number of nitrogens with one attached hydrogen (secondary N) is 1. The molecule has 0 saturated carbocycles. The molecule has 3 heterocycles. The Hall–Kier alpha value is -5.38. The van der Waals surface area contributed by atoms with Crippen molar-refractivity contribution in [3.63, 3.8) is 0 Å². The molecule has 0 saturated heterocycles. The van der Waals surface area contributed by atoms with Crippen molar-refractivity contribution < 1.29 is 40.7 Å². The summed E-state index contributed by atoms with van der Waals surface area (Å²) in [6.45, 7) is 3.50. The zero-order valence-electron chi connectivity index (χ0n) is 28.2. The lowest BCUT2D eigenvalue weighted by Crippen LogP contribution is -2.29. The van der Waals surface area contributed by atoms with Crippen molar-refractivity contribution in [3.8, 4) is 45.6 Å². The highest BCUT2D eigenvalue weighted by molar-refractivity contribution is 6.17. The fourth-order valence-corrected chi connectivity index (χ4v) is 5.26. The van der Waals surface area contributed by atoms with Gasteiger partial charge in [0.05, 0.1) is 43.7 Å². The monoisotopic (exact) mass is 760 g/mol. The van der Waals surface area contributed by atoms with E-state index in [0.29, 0.717) is 70.2 Å². The van der Waals surface area contributed by atoms with E-state index >= 15 is 0 Å². The van der Waals surface area contributed by atoms with Crippen LogP contribution in [0.1, 0.15) is 52.4 Å².